The maximum absolute atomic E-state index is 12.0. The molecule has 0 atom stereocenters. The van der Waals surface area contributed by atoms with E-state index in [2.05, 4.69) is 5.32 Å². The zero-order chi connectivity index (χ0) is 16.1. The number of amides is 3. The predicted molar refractivity (Wildman–Crippen MR) is 83.5 cm³/mol. The second-order valence-electron chi connectivity index (χ2n) is 5.22. The Morgan fingerprint density at radius 3 is 2.59 bits per heavy atom. The first kappa shape index (κ1) is 16.3. The summed E-state index contributed by atoms with van der Waals surface area (Å²) in [6.07, 6.45) is 1.28. The van der Waals surface area contributed by atoms with Crippen molar-refractivity contribution in [3.05, 3.63) is 29.3 Å². The van der Waals surface area contributed by atoms with Gasteiger partial charge in [-0.2, -0.15) is 0 Å². The summed E-state index contributed by atoms with van der Waals surface area (Å²) in [7, 11) is 1.55. The minimum Gasteiger partial charge on any atom is -0.335 e. The van der Waals surface area contributed by atoms with Crippen molar-refractivity contribution < 1.29 is 14.4 Å². The second kappa shape index (κ2) is 7.26. The van der Waals surface area contributed by atoms with Crippen LogP contribution in [0.4, 0.5) is 5.69 Å². The molecule has 118 valence electrons. The number of carbonyl (C=O) groups is 3. The number of carbonyl (C=O) groups excluding carboxylic acids is 3. The Balaban J connectivity index is 1.81. The van der Waals surface area contributed by atoms with Crippen molar-refractivity contribution in [1.29, 1.82) is 0 Å². The summed E-state index contributed by atoms with van der Waals surface area (Å²) in [6.45, 7) is 0.572. The van der Waals surface area contributed by atoms with Crippen molar-refractivity contribution in [2.75, 3.05) is 32.0 Å². The maximum atomic E-state index is 12.0. The fourth-order valence-electron chi connectivity index (χ4n) is 2.19. The van der Waals surface area contributed by atoms with Crippen LogP contribution in [0.3, 0.4) is 0 Å². The third-order valence-corrected chi connectivity index (χ3v) is 3.68. The quantitative estimate of drug-likeness (QED) is 0.889. The molecular weight excluding hydrogens is 306 g/mol. The Kier molecular flexibility index (Phi) is 5.38. The highest BCUT2D eigenvalue weighted by Crippen LogP contribution is 2.13. The van der Waals surface area contributed by atoms with E-state index in [1.54, 1.807) is 31.3 Å². The monoisotopic (exact) mass is 323 g/mol. The van der Waals surface area contributed by atoms with Gasteiger partial charge in [0.2, 0.25) is 17.7 Å². The van der Waals surface area contributed by atoms with Crippen LogP contribution in [-0.4, -0.2) is 54.2 Å². The van der Waals surface area contributed by atoms with Crippen molar-refractivity contribution in [3.8, 4) is 0 Å². The molecule has 1 aliphatic rings. The first-order chi connectivity index (χ1) is 10.5. The van der Waals surface area contributed by atoms with Crippen molar-refractivity contribution in [3.63, 3.8) is 0 Å². The summed E-state index contributed by atoms with van der Waals surface area (Å²) < 4.78 is 0. The standard InChI is InChI=1S/C15H18ClN3O3/c1-18(15(22)10-19-8-2-3-14(19)21)9-13(20)17-12-6-4-11(16)5-7-12/h4-7H,2-3,8-10H2,1H3,(H,17,20). The number of nitrogens with one attached hydrogen (secondary N) is 1. The molecule has 1 aromatic carbocycles. The van der Waals surface area contributed by atoms with Crippen LogP contribution >= 0.6 is 11.6 Å². The molecule has 22 heavy (non-hydrogen) atoms. The molecule has 0 aromatic heterocycles. The minimum absolute atomic E-state index is 0.00707. The van der Waals surface area contributed by atoms with Gasteiger partial charge >= 0.3 is 0 Å². The molecule has 6 nitrogen and oxygen atoms in total. The van der Waals surface area contributed by atoms with Crippen molar-refractivity contribution in [2.45, 2.75) is 12.8 Å². The van der Waals surface area contributed by atoms with Crippen LogP contribution in [0.25, 0.3) is 0 Å². The largest absolute Gasteiger partial charge is 0.335 e. The normalized spacial score (nSPS) is 14.1. The number of anilines is 1. The molecule has 7 heteroatoms. The van der Waals surface area contributed by atoms with Crippen LogP contribution in [0.15, 0.2) is 24.3 Å². The molecule has 1 aromatic rings. The Bertz CT molecular complexity index is 574. The number of halogens is 1. The van der Waals surface area contributed by atoms with Crippen LogP contribution in [-0.2, 0) is 14.4 Å². The molecule has 0 bridgehead atoms. The topological polar surface area (TPSA) is 69.7 Å². The van der Waals surface area contributed by atoms with Gasteiger partial charge in [0.1, 0.15) is 0 Å². The molecular formula is C15H18ClN3O3. The summed E-state index contributed by atoms with van der Waals surface area (Å²) in [6, 6.07) is 6.71. The molecule has 0 radical (unpaired) electrons. The number of hydrogen-bond donors (Lipinski definition) is 1. The van der Waals surface area contributed by atoms with Gasteiger partial charge in [0, 0.05) is 30.7 Å². The molecule has 0 saturated carbocycles. The summed E-state index contributed by atoms with van der Waals surface area (Å²) in [5.74, 6) is -0.556. The number of likely N-dealkylation sites (N-methyl/N-ethyl adjacent to an activating group) is 1. The Labute approximate surface area is 134 Å². The van der Waals surface area contributed by atoms with Gasteiger partial charge in [-0.05, 0) is 30.7 Å². The lowest BCUT2D eigenvalue weighted by Crippen LogP contribution is -2.42. The van der Waals surface area contributed by atoms with Gasteiger partial charge in [-0.15, -0.1) is 0 Å². The Morgan fingerprint density at radius 2 is 2.00 bits per heavy atom. The van der Waals surface area contributed by atoms with E-state index in [-0.39, 0.29) is 30.8 Å². The first-order valence-corrected chi connectivity index (χ1v) is 7.40. The molecule has 1 fully saturated rings. The molecule has 3 amide bonds. The van der Waals surface area contributed by atoms with Gasteiger partial charge in [0.15, 0.2) is 0 Å². The molecule has 1 heterocycles. The molecule has 0 unspecified atom stereocenters. The van der Waals surface area contributed by atoms with E-state index in [0.717, 1.165) is 6.42 Å². The van der Waals surface area contributed by atoms with Crippen molar-refractivity contribution in [2.24, 2.45) is 0 Å². The van der Waals surface area contributed by atoms with Gasteiger partial charge in [0.25, 0.3) is 0 Å². The van der Waals surface area contributed by atoms with Gasteiger partial charge < -0.3 is 15.1 Å². The third kappa shape index (κ3) is 4.46. The summed E-state index contributed by atoms with van der Waals surface area (Å²) >= 11 is 5.77. The van der Waals surface area contributed by atoms with E-state index >= 15 is 0 Å². The van der Waals surface area contributed by atoms with E-state index in [1.165, 1.54) is 9.80 Å². The van der Waals surface area contributed by atoms with E-state index in [0.29, 0.717) is 23.7 Å². The molecule has 2 rings (SSSR count). The highest BCUT2D eigenvalue weighted by Gasteiger charge is 2.24. The van der Waals surface area contributed by atoms with Crippen molar-refractivity contribution >= 4 is 35.0 Å². The minimum atomic E-state index is -0.300. The lowest BCUT2D eigenvalue weighted by molar-refractivity contribution is -0.138. The van der Waals surface area contributed by atoms with Crippen LogP contribution in [0, 0.1) is 0 Å². The average molecular weight is 324 g/mol. The Hall–Kier alpha value is -2.08. The van der Waals surface area contributed by atoms with Gasteiger partial charge in [-0.25, -0.2) is 0 Å². The van der Waals surface area contributed by atoms with E-state index in [4.69, 9.17) is 11.6 Å². The zero-order valence-corrected chi connectivity index (χ0v) is 13.1. The smallest absolute Gasteiger partial charge is 0.243 e. The lowest BCUT2D eigenvalue weighted by atomic mass is 10.3. The molecule has 1 aliphatic heterocycles. The summed E-state index contributed by atoms with van der Waals surface area (Å²) in [5, 5.41) is 3.27. The van der Waals surface area contributed by atoms with E-state index in [9.17, 15) is 14.4 Å². The number of nitrogens with zero attached hydrogens (tertiary/aromatic N) is 2. The number of likely N-dealkylation sites (tertiary alicyclic amines) is 1. The van der Waals surface area contributed by atoms with Crippen LogP contribution < -0.4 is 5.32 Å². The highest BCUT2D eigenvalue weighted by molar-refractivity contribution is 6.30. The lowest BCUT2D eigenvalue weighted by Gasteiger charge is -2.21. The summed E-state index contributed by atoms with van der Waals surface area (Å²) in [4.78, 5) is 38.2. The number of benzene rings is 1. The molecule has 0 spiro atoms. The summed E-state index contributed by atoms with van der Waals surface area (Å²) in [5.41, 5.74) is 0.616. The SMILES string of the molecule is CN(CC(=O)Nc1ccc(Cl)cc1)C(=O)CN1CCCC1=O. The molecule has 1 N–H and O–H groups in total. The fraction of sp³-hybridized carbons (Fsp3) is 0.400. The number of rotatable bonds is 5. The predicted octanol–water partition coefficient (Wildman–Crippen LogP) is 1.36. The molecule has 0 aliphatic carbocycles. The van der Waals surface area contributed by atoms with Gasteiger partial charge in [-0.1, -0.05) is 11.6 Å². The third-order valence-electron chi connectivity index (χ3n) is 3.43. The second-order valence-corrected chi connectivity index (χ2v) is 5.66. The Morgan fingerprint density at radius 1 is 1.32 bits per heavy atom. The zero-order valence-electron chi connectivity index (χ0n) is 12.3. The average Bonchev–Trinajstić information content (AvgIpc) is 2.86. The first-order valence-electron chi connectivity index (χ1n) is 7.03. The number of hydrogen-bond acceptors (Lipinski definition) is 3. The van der Waals surface area contributed by atoms with E-state index in [1.807, 2.05) is 0 Å². The van der Waals surface area contributed by atoms with E-state index < -0.39 is 0 Å². The van der Waals surface area contributed by atoms with Gasteiger partial charge in [0.05, 0.1) is 13.1 Å². The van der Waals surface area contributed by atoms with Crippen molar-refractivity contribution in [1.82, 2.24) is 9.80 Å². The molecule has 1 saturated heterocycles. The van der Waals surface area contributed by atoms with Crippen LogP contribution in [0.5, 0.6) is 0 Å². The maximum Gasteiger partial charge on any atom is 0.243 e. The fourth-order valence-corrected chi connectivity index (χ4v) is 2.32. The van der Waals surface area contributed by atoms with Crippen LogP contribution in [0.2, 0.25) is 5.02 Å². The van der Waals surface area contributed by atoms with Gasteiger partial charge in [-0.3, -0.25) is 14.4 Å². The van der Waals surface area contributed by atoms with Crippen LogP contribution in [0.1, 0.15) is 12.8 Å². The highest BCUT2D eigenvalue weighted by atomic mass is 35.5.